The molecular formula is C21H19BrN4O. The molecule has 1 aromatic heterocycles. The van der Waals surface area contributed by atoms with E-state index in [2.05, 4.69) is 36.5 Å². The summed E-state index contributed by atoms with van der Waals surface area (Å²) in [5, 5.41) is 6.01. The Morgan fingerprint density at radius 2 is 1.89 bits per heavy atom. The number of aryl methyl sites for hydroxylation is 1. The third kappa shape index (κ3) is 5.76. The quantitative estimate of drug-likeness (QED) is 0.478. The number of nitrogens with one attached hydrogen (secondary N) is 2. The van der Waals surface area contributed by atoms with Crippen LogP contribution in [0.5, 0.6) is 0 Å². The number of carbonyl (C=O) groups excluding carboxylic acids is 1. The van der Waals surface area contributed by atoms with Crippen molar-refractivity contribution in [3.63, 3.8) is 0 Å². The summed E-state index contributed by atoms with van der Waals surface area (Å²) in [6.45, 7) is 2.33. The molecule has 0 atom stereocenters. The van der Waals surface area contributed by atoms with Gasteiger partial charge in [0.1, 0.15) is 0 Å². The van der Waals surface area contributed by atoms with Crippen LogP contribution >= 0.6 is 15.9 Å². The summed E-state index contributed by atoms with van der Waals surface area (Å²) in [4.78, 5) is 21.3. The normalized spacial score (nSPS) is 11.1. The number of rotatable bonds is 4. The molecule has 5 nitrogen and oxygen atoms in total. The first-order valence-corrected chi connectivity index (χ1v) is 9.24. The minimum Gasteiger partial charge on any atom is -0.326 e. The van der Waals surface area contributed by atoms with Gasteiger partial charge in [-0.05, 0) is 49.4 Å². The number of guanidine groups is 1. The van der Waals surface area contributed by atoms with Crippen LogP contribution in [0, 0.1) is 6.92 Å². The molecule has 27 heavy (non-hydrogen) atoms. The topological polar surface area (TPSA) is 66.4 Å². The fraction of sp³-hybridized carbons (Fsp3) is 0.0952. The first-order chi connectivity index (χ1) is 13.1. The first kappa shape index (κ1) is 18.8. The molecule has 0 aliphatic rings. The van der Waals surface area contributed by atoms with E-state index in [-0.39, 0.29) is 5.91 Å². The number of hydrogen-bond acceptors (Lipinski definition) is 3. The third-order valence-corrected chi connectivity index (χ3v) is 4.25. The number of halogens is 1. The van der Waals surface area contributed by atoms with Crippen LogP contribution in [0.25, 0.3) is 0 Å². The molecule has 136 valence electrons. The number of nitrogens with zero attached hydrogens (tertiary/aromatic N) is 2. The van der Waals surface area contributed by atoms with Crippen LogP contribution in [0.15, 0.2) is 82.4 Å². The van der Waals surface area contributed by atoms with Gasteiger partial charge in [0.05, 0.1) is 12.2 Å². The Morgan fingerprint density at radius 3 is 2.59 bits per heavy atom. The lowest BCUT2D eigenvalue weighted by atomic mass is 10.1. The minimum atomic E-state index is -0.225. The van der Waals surface area contributed by atoms with Gasteiger partial charge < -0.3 is 5.32 Å². The van der Waals surface area contributed by atoms with Gasteiger partial charge in [-0.2, -0.15) is 0 Å². The van der Waals surface area contributed by atoms with E-state index in [1.54, 1.807) is 18.3 Å². The van der Waals surface area contributed by atoms with E-state index in [4.69, 9.17) is 0 Å². The van der Waals surface area contributed by atoms with Gasteiger partial charge in [0, 0.05) is 21.9 Å². The second-order valence-electron chi connectivity index (χ2n) is 5.94. The molecule has 6 heteroatoms. The van der Waals surface area contributed by atoms with Gasteiger partial charge in [-0.25, -0.2) is 4.99 Å². The standard InChI is InChI=1S/C21H19BrN4O/c1-15-8-10-16(11-9-15)20(27)26-21(24-14-19-6-2-3-12-23-19)25-18-7-4-5-17(22)13-18/h2-13H,14H2,1H3,(H2,24,25,26,27). The van der Waals surface area contributed by atoms with Crippen LogP contribution in [0.1, 0.15) is 21.6 Å². The molecule has 0 aliphatic carbocycles. The summed E-state index contributed by atoms with van der Waals surface area (Å²) in [5.74, 6) is 0.140. The van der Waals surface area contributed by atoms with Crippen LogP contribution in [-0.2, 0) is 6.54 Å². The number of aromatic nitrogens is 1. The Hall–Kier alpha value is -2.99. The second kappa shape index (κ2) is 9.09. The molecule has 0 fully saturated rings. The molecule has 3 aromatic rings. The summed E-state index contributed by atoms with van der Waals surface area (Å²) in [6.07, 6.45) is 1.72. The minimum absolute atomic E-state index is 0.225. The largest absolute Gasteiger partial charge is 0.326 e. The fourth-order valence-electron chi connectivity index (χ4n) is 2.35. The van der Waals surface area contributed by atoms with Crippen molar-refractivity contribution in [2.45, 2.75) is 13.5 Å². The molecule has 0 bridgehead atoms. The van der Waals surface area contributed by atoms with E-state index in [1.165, 1.54) is 0 Å². The second-order valence-corrected chi connectivity index (χ2v) is 6.86. The lowest BCUT2D eigenvalue weighted by molar-refractivity contribution is 0.0977. The molecule has 2 aromatic carbocycles. The molecule has 0 saturated carbocycles. The Bertz CT molecular complexity index is 940. The molecule has 0 saturated heterocycles. The monoisotopic (exact) mass is 422 g/mol. The smallest absolute Gasteiger partial charge is 0.257 e. The number of amides is 1. The van der Waals surface area contributed by atoms with E-state index < -0.39 is 0 Å². The average molecular weight is 423 g/mol. The van der Waals surface area contributed by atoms with Crippen molar-refractivity contribution in [1.82, 2.24) is 10.3 Å². The van der Waals surface area contributed by atoms with Crippen molar-refractivity contribution in [3.05, 3.63) is 94.2 Å². The zero-order valence-corrected chi connectivity index (χ0v) is 16.4. The SMILES string of the molecule is Cc1ccc(C(=O)NC(=NCc2ccccn2)Nc2cccc(Br)c2)cc1. The molecule has 1 amide bonds. The highest BCUT2D eigenvalue weighted by Gasteiger charge is 2.09. The van der Waals surface area contributed by atoms with Crippen molar-refractivity contribution in [3.8, 4) is 0 Å². The maximum Gasteiger partial charge on any atom is 0.257 e. The summed E-state index contributed by atoms with van der Waals surface area (Å²) in [6, 6.07) is 20.7. The van der Waals surface area contributed by atoms with Crippen molar-refractivity contribution in [2.24, 2.45) is 4.99 Å². The van der Waals surface area contributed by atoms with E-state index >= 15 is 0 Å². The van der Waals surface area contributed by atoms with Crippen molar-refractivity contribution < 1.29 is 4.79 Å². The summed E-state index contributed by atoms with van der Waals surface area (Å²) < 4.78 is 0.932. The van der Waals surface area contributed by atoms with Gasteiger partial charge >= 0.3 is 0 Å². The molecular weight excluding hydrogens is 404 g/mol. The maximum atomic E-state index is 12.6. The predicted molar refractivity (Wildman–Crippen MR) is 112 cm³/mol. The van der Waals surface area contributed by atoms with Gasteiger partial charge in [-0.1, -0.05) is 45.8 Å². The number of pyridine rings is 1. The molecule has 0 spiro atoms. The first-order valence-electron chi connectivity index (χ1n) is 8.45. The van der Waals surface area contributed by atoms with E-state index in [1.807, 2.05) is 61.5 Å². The highest BCUT2D eigenvalue weighted by molar-refractivity contribution is 9.10. The Morgan fingerprint density at radius 1 is 1.07 bits per heavy atom. The maximum absolute atomic E-state index is 12.6. The Balaban J connectivity index is 1.79. The summed E-state index contributed by atoms with van der Waals surface area (Å²) in [7, 11) is 0. The van der Waals surface area contributed by atoms with Crippen LogP contribution < -0.4 is 10.6 Å². The van der Waals surface area contributed by atoms with Gasteiger partial charge in [0.2, 0.25) is 5.96 Å². The Kier molecular flexibility index (Phi) is 6.33. The van der Waals surface area contributed by atoms with Crippen LogP contribution in [-0.4, -0.2) is 16.9 Å². The van der Waals surface area contributed by atoms with Gasteiger partial charge in [-0.3, -0.25) is 15.1 Å². The number of carbonyl (C=O) groups is 1. The third-order valence-electron chi connectivity index (χ3n) is 3.76. The zero-order chi connectivity index (χ0) is 19.1. The van der Waals surface area contributed by atoms with E-state index in [0.717, 1.165) is 21.4 Å². The number of aliphatic imine (C=N–C) groups is 1. The van der Waals surface area contributed by atoms with Crippen LogP contribution in [0.3, 0.4) is 0 Å². The summed E-state index contributed by atoms with van der Waals surface area (Å²) >= 11 is 3.44. The van der Waals surface area contributed by atoms with E-state index in [9.17, 15) is 4.79 Å². The average Bonchev–Trinajstić information content (AvgIpc) is 2.67. The van der Waals surface area contributed by atoms with Gasteiger partial charge in [-0.15, -0.1) is 0 Å². The van der Waals surface area contributed by atoms with E-state index in [0.29, 0.717) is 18.1 Å². The molecule has 1 heterocycles. The van der Waals surface area contributed by atoms with Crippen molar-refractivity contribution >= 4 is 33.5 Å². The zero-order valence-electron chi connectivity index (χ0n) is 14.8. The number of anilines is 1. The molecule has 0 aliphatic heterocycles. The Labute approximate surface area is 166 Å². The lowest BCUT2D eigenvalue weighted by Gasteiger charge is -2.12. The van der Waals surface area contributed by atoms with Crippen LogP contribution in [0.2, 0.25) is 0 Å². The summed E-state index contributed by atoms with van der Waals surface area (Å²) in [5.41, 5.74) is 3.30. The fourth-order valence-corrected chi connectivity index (χ4v) is 2.75. The predicted octanol–water partition coefficient (Wildman–Crippen LogP) is 4.55. The van der Waals surface area contributed by atoms with Crippen LogP contribution in [0.4, 0.5) is 5.69 Å². The molecule has 0 unspecified atom stereocenters. The van der Waals surface area contributed by atoms with Gasteiger partial charge in [0.25, 0.3) is 5.91 Å². The molecule has 3 rings (SSSR count). The highest BCUT2D eigenvalue weighted by Crippen LogP contribution is 2.15. The van der Waals surface area contributed by atoms with Crippen molar-refractivity contribution in [1.29, 1.82) is 0 Å². The van der Waals surface area contributed by atoms with Gasteiger partial charge in [0.15, 0.2) is 0 Å². The molecule has 2 N–H and O–H groups in total. The lowest BCUT2D eigenvalue weighted by Crippen LogP contribution is -2.36. The molecule has 0 radical (unpaired) electrons. The number of hydrogen-bond donors (Lipinski definition) is 2. The van der Waals surface area contributed by atoms with Crippen molar-refractivity contribution in [2.75, 3.05) is 5.32 Å². The number of benzene rings is 2. The highest BCUT2D eigenvalue weighted by atomic mass is 79.9.